The lowest BCUT2D eigenvalue weighted by atomic mass is 10.1. The number of hydrogen-bond donors (Lipinski definition) is 1. The summed E-state index contributed by atoms with van der Waals surface area (Å²) in [5, 5.41) is 10.7. The third kappa shape index (κ3) is 2.53. The number of carboxylic acid groups (broad SMARTS) is 1. The summed E-state index contributed by atoms with van der Waals surface area (Å²) in [4.78, 5) is 15.7. The summed E-state index contributed by atoms with van der Waals surface area (Å²) in [7, 11) is 0. The van der Waals surface area contributed by atoms with Gasteiger partial charge in [-0.05, 0) is 29.8 Å². The second-order valence-electron chi connectivity index (χ2n) is 4.36. The van der Waals surface area contributed by atoms with E-state index in [4.69, 9.17) is 11.6 Å². The SMILES string of the molecule is O=C(O)c1ccccc1Cc1nc2cc(Cl)ccc2s1. The fourth-order valence-corrected chi connectivity index (χ4v) is 3.21. The van der Waals surface area contributed by atoms with Gasteiger partial charge in [0.15, 0.2) is 0 Å². The van der Waals surface area contributed by atoms with Gasteiger partial charge in [0.2, 0.25) is 0 Å². The normalized spacial score (nSPS) is 10.8. The quantitative estimate of drug-likeness (QED) is 0.787. The van der Waals surface area contributed by atoms with Gasteiger partial charge in [-0.25, -0.2) is 9.78 Å². The second-order valence-corrected chi connectivity index (χ2v) is 5.91. The topological polar surface area (TPSA) is 50.2 Å². The molecule has 0 saturated carbocycles. The van der Waals surface area contributed by atoms with E-state index in [2.05, 4.69) is 4.98 Å². The summed E-state index contributed by atoms with van der Waals surface area (Å²) >= 11 is 7.50. The van der Waals surface area contributed by atoms with Gasteiger partial charge >= 0.3 is 5.97 Å². The molecule has 5 heteroatoms. The van der Waals surface area contributed by atoms with Crippen LogP contribution >= 0.6 is 22.9 Å². The van der Waals surface area contributed by atoms with Gasteiger partial charge in [0.05, 0.1) is 20.8 Å². The van der Waals surface area contributed by atoms with Crippen LogP contribution < -0.4 is 0 Å². The maximum atomic E-state index is 11.2. The lowest BCUT2D eigenvalue weighted by Crippen LogP contribution is -2.02. The molecule has 0 radical (unpaired) electrons. The van der Waals surface area contributed by atoms with Crippen molar-refractivity contribution >= 4 is 39.1 Å². The van der Waals surface area contributed by atoms with Gasteiger partial charge in [-0.15, -0.1) is 11.3 Å². The van der Waals surface area contributed by atoms with Crippen molar-refractivity contribution in [2.24, 2.45) is 0 Å². The van der Waals surface area contributed by atoms with Crippen molar-refractivity contribution in [2.75, 3.05) is 0 Å². The molecule has 1 aromatic heterocycles. The Morgan fingerprint density at radius 3 is 2.85 bits per heavy atom. The van der Waals surface area contributed by atoms with E-state index in [9.17, 15) is 9.90 Å². The monoisotopic (exact) mass is 303 g/mol. The summed E-state index contributed by atoms with van der Waals surface area (Å²) in [6, 6.07) is 12.6. The molecule has 3 aromatic rings. The van der Waals surface area contributed by atoms with Crippen molar-refractivity contribution in [1.82, 2.24) is 4.98 Å². The standard InChI is InChI=1S/C15H10ClNO2S/c16-10-5-6-13-12(8-10)17-14(20-13)7-9-3-1-2-4-11(9)15(18)19/h1-6,8H,7H2,(H,18,19). The number of aromatic carboxylic acids is 1. The Labute approximate surface area is 124 Å². The molecule has 0 bridgehead atoms. The maximum Gasteiger partial charge on any atom is 0.335 e. The van der Waals surface area contributed by atoms with Gasteiger partial charge < -0.3 is 5.11 Å². The van der Waals surface area contributed by atoms with E-state index in [0.29, 0.717) is 17.0 Å². The van der Waals surface area contributed by atoms with Crippen LogP contribution in [0.4, 0.5) is 0 Å². The number of halogens is 1. The fourth-order valence-electron chi connectivity index (χ4n) is 2.07. The average molecular weight is 304 g/mol. The molecular weight excluding hydrogens is 294 g/mol. The van der Waals surface area contributed by atoms with E-state index in [0.717, 1.165) is 20.8 Å². The minimum absolute atomic E-state index is 0.324. The highest BCUT2D eigenvalue weighted by atomic mass is 35.5. The number of benzene rings is 2. The Kier molecular flexibility index (Phi) is 3.42. The van der Waals surface area contributed by atoms with Crippen molar-refractivity contribution in [2.45, 2.75) is 6.42 Å². The summed E-state index contributed by atoms with van der Waals surface area (Å²) in [6.07, 6.45) is 0.513. The Morgan fingerprint density at radius 1 is 1.25 bits per heavy atom. The van der Waals surface area contributed by atoms with Gasteiger partial charge in [0.1, 0.15) is 0 Å². The molecule has 0 saturated heterocycles. The highest BCUT2D eigenvalue weighted by Crippen LogP contribution is 2.27. The van der Waals surface area contributed by atoms with Crippen LogP contribution in [0.5, 0.6) is 0 Å². The van der Waals surface area contributed by atoms with Gasteiger partial charge in [-0.1, -0.05) is 29.8 Å². The highest BCUT2D eigenvalue weighted by molar-refractivity contribution is 7.18. The number of fused-ring (bicyclic) bond motifs is 1. The smallest absolute Gasteiger partial charge is 0.335 e. The molecule has 0 amide bonds. The first kappa shape index (κ1) is 13.1. The largest absolute Gasteiger partial charge is 0.478 e. The lowest BCUT2D eigenvalue weighted by molar-refractivity contribution is 0.0696. The van der Waals surface area contributed by atoms with E-state index in [1.807, 2.05) is 30.3 Å². The molecule has 0 aliphatic carbocycles. The number of hydrogen-bond acceptors (Lipinski definition) is 3. The zero-order valence-corrected chi connectivity index (χ0v) is 11.9. The minimum Gasteiger partial charge on any atom is -0.478 e. The van der Waals surface area contributed by atoms with E-state index < -0.39 is 5.97 Å². The van der Waals surface area contributed by atoms with Gasteiger partial charge in [-0.2, -0.15) is 0 Å². The van der Waals surface area contributed by atoms with Crippen LogP contribution in [0.25, 0.3) is 10.2 Å². The van der Waals surface area contributed by atoms with Crippen LogP contribution in [-0.2, 0) is 6.42 Å². The Bertz CT molecular complexity index is 797. The molecule has 0 unspecified atom stereocenters. The van der Waals surface area contributed by atoms with Gasteiger partial charge in [-0.3, -0.25) is 0 Å². The molecule has 0 fully saturated rings. The minimum atomic E-state index is -0.912. The number of carboxylic acids is 1. The molecule has 2 aromatic carbocycles. The molecular formula is C15H10ClNO2S. The molecule has 100 valence electrons. The first-order valence-electron chi connectivity index (χ1n) is 5.99. The molecule has 3 rings (SSSR count). The molecule has 20 heavy (non-hydrogen) atoms. The molecule has 3 nitrogen and oxygen atoms in total. The molecule has 0 aliphatic rings. The number of carbonyl (C=O) groups is 1. The van der Waals surface area contributed by atoms with E-state index in [1.165, 1.54) is 0 Å². The number of thiazole rings is 1. The predicted molar refractivity (Wildman–Crippen MR) is 80.8 cm³/mol. The van der Waals surface area contributed by atoms with Crippen LogP contribution in [0.3, 0.4) is 0 Å². The molecule has 1 N–H and O–H groups in total. The first-order chi connectivity index (χ1) is 9.63. The maximum absolute atomic E-state index is 11.2. The van der Waals surface area contributed by atoms with E-state index in [1.54, 1.807) is 23.5 Å². The predicted octanol–water partition coefficient (Wildman–Crippen LogP) is 4.24. The third-order valence-corrected chi connectivity index (χ3v) is 4.25. The summed E-state index contributed by atoms with van der Waals surface area (Å²) in [5.74, 6) is -0.912. The summed E-state index contributed by atoms with van der Waals surface area (Å²) in [6.45, 7) is 0. The van der Waals surface area contributed by atoms with Crippen LogP contribution in [-0.4, -0.2) is 16.1 Å². The number of rotatable bonds is 3. The van der Waals surface area contributed by atoms with Gasteiger partial charge in [0.25, 0.3) is 0 Å². The lowest BCUT2D eigenvalue weighted by Gasteiger charge is -2.02. The van der Waals surface area contributed by atoms with Gasteiger partial charge in [0, 0.05) is 11.4 Å². The van der Waals surface area contributed by atoms with Crippen LogP contribution in [0.2, 0.25) is 5.02 Å². The van der Waals surface area contributed by atoms with Crippen LogP contribution in [0.15, 0.2) is 42.5 Å². The molecule has 1 heterocycles. The van der Waals surface area contributed by atoms with Crippen molar-refractivity contribution in [3.8, 4) is 0 Å². The summed E-state index contributed by atoms with van der Waals surface area (Å²) in [5.41, 5.74) is 1.94. The fraction of sp³-hybridized carbons (Fsp3) is 0.0667. The van der Waals surface area contributed by atoms with E-state index >= 15 is 0 Å². The first-order valence-corrected chi connectivity index (χ1v) is 7.19. The molecule has 0 aliphatic heterocycles. The van der Waals surface area contributed by atoms with Crippen LogP contribution in [0, 0.1) is 0 Å². The van der Waals surface area contributed by atoms with Crippen LogP contribution in [0.1, 0.15) is 20.9 Å². The zero-order valence-electron chi connectivity index (χ0n) is 10.3. The zero-order chi connectivity index (χ0) is 14.1. The number of nitrogens with zero attached hydrogens (tertiary/aromatic N) is 1. The van der Waals surface area contributed by atoms with Crippen molar-refractivity contribution in [3.63, 3.8) is 0 Å². The van der Waals surface area contributed by atoms with Crippen molar-refractivity contribution < 1.29 is 9.90 Å². The van der Waals surface area contributed by atoms with Crippen molar-refractivity contribution in [3.05, 3.63) is 63.6 Å². The van der Waals surface area contributed by atoms with Crippen molar-refractivity contribution in [1.29, 1.82) is 0 Å². The summed E-state index contributed by atoms with van der Waals surface area (Å²) < 4.78 is 1.05. The Balaban J connectivity index is 1.99. The Hall–Kier alpha value is -1.91. The number of aromatic nitrogens is 1. The molecule has 0 spiro atoms. The highest BCUT2D eigenvalue weighted by Gasteiger charge is 2.12. The second kappa shape index (κ2) is 5.23. The molecule has 0 atom stereocenters. The van der Waals surface area contributed by atoms with E-state index in [-0.39, 0.29) is 0 Å². The average Bonchev–Trinajstić information content (AvgIpc) is 2.80. The Morgan fingerprint density at radius 2 is 2.05 bits per heavy atom. The third-order valence-electron chi connectivity index (χ3n) is 2.98.